The lowest BCUT2D eigenvalue weighted by Gasteiger charge is -2.01. The van der Waals surface area contributed by atoms with E-state index in [0.717, 1.165) is 0 Å². The summed E-state index contributed by atoms with van der Waals surface area (Å²) in [6, 6.07) is 4.73. The number of nitrogens with two attached hydrogens (primary N) is 1. The van der Waals surface area contributed by atoms with Crippen LogP contribution in [0.1, 0.15) is 5.69 Å². The molecule has 0 spiro atoms. The maximum absolute atomic E-state index is 13.5. The molecule has 2 N–H and O–H groups in total. The third kappa shape index (κ3) is 2.05. The predicted octanol–water partition coefficient (Wildman–Crippen LogP) is 1.63. The van der Waals surface area contributed by atoms with Gasteiger partial charge in [0, 0.05) is 11.0 Å². The van der Waals surface area contributed by atoms with E-state index in [9.17, 15) is 4.39 Å². The minimum Gasteiger partial charge on any atom is -0.325 e. The zero-order chi connectivity index (χ0) is 10.8. The van der Waals surface area contributed by atoms with Gasteiger partial charge in [-0.25, -0.2) is 9.07 Å². The van der Waals surface area contributed by atoms with Gasteiger partial charge in [0.1, 0.15) is 11.5 Å². The Balaban J connectivity index is 2.44. The van der Waals surface area contributed by atoms with Gasteiger partial charge in [-0.05, 0) is 18.2 Å². The Morgan fingerprint density at radius 3 is 2.87 bits per heavy atom. The van der Waals surface area contributed by atoms with Gasteiger partial charge in [-0.1, -0.05) is 21.1 Å². The summed E-state index contributed by atoms with van der Waals surface area (Å²) in [5.74, 6) is -0.363. The second kappa shape index (κ2) is 4.08. The highest BCUT2D eigenvalue weighted by Gasteiger charge is 2.07. The molecular formula is C9H8BrFN4. The first kappa shape index (κ1) is 10.3. The van der Waals surface area contributed by atoms with E-state index in [1.54, 1.807) is 18.3 Å². The summed E-state index contributed by atoms with van der Waals surface area (Å²) >= 11 is 3.18. The SMILES string of the molecule is NCc1cn(-c2ccc(Br)cc2F)nn1. The standard InChI is InChI=1S/C9H8BrFN4/c10-6-1-2-9(8(11)3-6)15-5-7(4-12)13-14-15/h1-3,5H,4,12H2. The molecule has 0 unspecified atom stereocenters. The van der Waals surface area contributed by atoms with Crippen LogP contribution in [0.5, 0.6) is 0 Å². The molecule has 0 fully saturated rings. The molecule has 1 aromatic heterocycles. The summed E-state index contributed by atoms with van der Waals surface area (Å²) in [7, 11) is 0. The predicted molar refractivity (Wildman–Crippen MR) is 56.9 cm³/mol. The van der Waals surface area contributed by atoms with Gasteiger partial charge in [-0.3, -0.25) is 0 Å². The van der Waals surface area contributed by atoms with Gasteiger partial charge in [-0.2, -0.15) is 0 Å². The number of benzene rings is 1. The molecule has 15 heavy (non-hydrogen) atoms. The Morgan fingerprint density at radius 2 is 2.27 bits per heavy atom. The Kier molecular flexibility index (Phi) is 2.79. The topological polar surface area (TPSA) is 56.7 Å². The number of hydrogen-bond acceptors (Lipinski definition) is 3. The highest BCUT2D eigenvalue weighted by Crippen LogP contribution is 2.17. The van der Waals surface area contributed by atoms with Crippen LogP contribution < -0.4 is 5.73 Å². The normalized spacial score (nSPS) is 10.6. The molecule has 0 aliphatic heterocycles. The van der Waals surface area contributed by atoms with Crippen LogP contribution >= 0.6 is 15.9 Å². The average molecular weight is 271 g/mol. The largest absolute Gasteiger partial charge is 0.325 e. The van der Waals surface area contributed by atoms with Gasteiger partial charge < -0.3 is 5.73 Å². The minimum atomic E-state index is -0.363. The first-order valence-corrected chi connectivity index (χ1v) is 5.06. The maximum Gasteiger partial charge on any atom is 0.150 e. The highest BCUT2D eigenvalue weighted by molar-refractivity contribution is 9.10. The van der Waals surface area contributed by atoms with E-state index in [1.165, 1.54) is 10.7 Å². The molecule has 2 rings (SSSR count). The molecule has 2 aromatic rings. The van der Waals surface area contributed by atoms with Crippen molar-refractivity contribution in [3.05, 3.63) is 40.4 Å². The van der Waals surface area contributed by atoms with Gasteiger partial charge in [0.15, 0.2) is 0 Å². The van der Waals surface area contributed by atoms with E-state index in [0.29, 0.717) is 15.9 Å². The Bertz CT molecular complexity index is 483. The van der Waals surface area contributed by atoms with Crippen LogP contribution in [-0.4, -0.2) is 15.0 Å². The lowest BCUT2D eigenvalue weighted by molar-refractivity contribution is 0.606. The maximum atomic E-state index is 13.5. The van der Waals surface area contributed by atoms with E-state index < -0.39 is 0 Å². The molecule has 0 saturated carbocycles. The van der Waals surface area contributed by atoms with Crippen molar-refractivity contribution >= 4 is 15.9 Å². The van der Waals surface area contributed by atoms with E-state index in [2.05, 4.69) is 26.2 Å². The smallest absolute Gasteiger partial charge is 0.150 e. The molecule has 0 aliphatic rings. The first-order valence-electron chi connectivity index (χ1n) is 4.27. The van der Waals surface area contributed by atoms with Gasteiger partial charge in [-0.15, -0.1) is 5.10 Å². The van der Waals surface area contributed by atoms with Crippen molar-refractivity contribution in [3.8, 4) is 5.69 Å². The molecule has 0 radical (unpaired) electrons. The van der Waals surface area contributed by atoms with Gasteiger partial charge in [0.2, 0.25) is 0 Å². The third-order valence-electron chi connectivity index (χ3n) is 1.91. The Hall–Kier alpha value is -1.27. The third-order valence-corrected chi connectivity index (χ3v) is 2.40. The fourth-order valence-electron chi connectivity index (χ4n) is 1.18. The fraction of sp³-hybridized carbons (Fsp3) is 0.111. The molecule has 0 saturated heterocycles. The molecule has 4 nitrogen and oxygen atoms in total. The van der Waals surface area contributed by atoms with Crippen molar-refractivity contribution in [3.63, 3.8) is 0 Å². The van der Waals surface area contributed by atoms with Crippen LogP contribution in [0, 0.1) is 5.82 Å². The minimum absolute atomic E-state index is 0.290. The van der Waals surface area contributed by atoms with Gasteiger partial charge >= 0.3 is 0 Å². The average Bonchev–Trinajstić information content (AvgIpc) is 2.66. The zero-order valence-corrected chi connectivity index (χ0v) is 9.28. The van der Waals surface area contributed by atoms with Crippen LogP contribution in [-0.2, 0) is 6.54 Å². The first-order chi connectivity index (χ1) is 7.20. The summed E-state index contributed by atoms with van der Waals surface area (Å²) in [5, 5.41) is 7.56. The van der Waals surface area contributed by atoms with Crippen molar-refractivity contribution in [2.45, 2.75) is 6.54 Å². The number of nitrogens with zero attached hydrogens (tertiary/aromatic N) is 3. The summed E-state index contributed by atoms with van der Waals surface area (Å²) in [4.78, 5) is 0. The second-order valence-corrected chi connectivity index (χ2v) is 3.87. The summed E-state index contributed by atoms with van der Waals surface area (Å²) in [6.45, 7) is 0.290. The van der Waals surface area contributed by atoms with Crippen LogP contribution in [0.25, 0.3) is 5.69 Å². The van der Waals surface area contributed by atoms with Gasteiger partial charge in [0.05, 0.1) is 11.9 Å². The Morgan fingerprint density at radius 1 is 1.47 bits per heavy atom. The highest BCUT2D eigenvalue weighted by atomic mass is 79.9. The molecule has 78 valence electrons. The van der Waals surface area contributed by atoms with Crippen LogP contribution in [0.2, 0.25) is 0 Å². The molecule has 0 atom stereocenters. The van der Waals surface area contributed by atoms with Crippen LogP contribution in [0.4, 0.5) is 4.39 Å². The van der Waals surface area contributed by atoms with Gasteiger partial charge in [0.25, 0.3) is 0 Å². The van der Waals surface area contributed by atoms with Crippen LogP contribution in [0.15, 0.2) is 28.9 Å². The number of rotatable bonds is 2. The molecule has 1 aromatic carbocycles. The van der Waals surface area contributed by atoms with Crippen molar-refractivity contribution in [2.24, 2.45) is 5.73 Å². The van der Waals surface area contributed by atoms with E-state index in [-0.39, 0.29) is 12.4 Å². The van der Waals surface area contributed by atoms with Crippen molar-refractivity contribution < 1.29 is 4.39 Å². The number of halogens is 2. The molecule has 0 amide bonds. The summed E-state index contributed by atoms with van der Waals surface area (Å²) in [5.41, 5.74) is 6.36. The second-order valence-electron chi connectivity index (χ2n) is 2.95. The quantitative estimate of drug-likeness (QED) is 0.903. The molecule has 6 heteroatoms. The summed E-state index contributed by atoms with van der Waals surface area (Å²) < 4.78 is 15.5. The van der Waals surface area contributed by atoms with Crippen molar-refractivity contribution in [1.82, 2.24) is 15.0 Å². The van der Waals surface area contributed by atoms with E-state index >= 15 is 0 Å². The summed E-state index contributed by atoms with van der Waals surface area (Å²) in [6.07, 6.45) is 1.60. The van der Waals surface area contributed by atoms with Crippen molar-refractivity contribution in [2.75, 3.05) is 0 Å². The molecule has 0 bridgehead atoms. The van der Waals surface area contributed by atoms with Crippen LogP contribution in [0.3, 0.4) is 0 Å². The van der Waals surface area contributed by atoms with Crippen molar-refractivity contribution in [1.29, 1.82) is 0 Å². The lowest BCUT2D eigenvalue weighted by atomic mass is 10.3. The fourth-order valence-corrected chi connectivity index (χ4v) is 1.51. The monoisotopic (exact) mass is 270 g/mol. The molecule has 1 heterocycles. The van der Waals surface area contributed by atoms with E-state index in [1.807, 2.05) is 0 Å². The molecule has 0 aliphatic carbocycles. The molecular weight excluding hydrogens is 263 g/mol. The number of aromatic nitrogens is 3. The zero-order valence-electron chi connectivity index (χ0n) is 7.69. The Labute approximate surface area is 94.0 Å². The van der Waals surface area contributed by atoms with E-state index in [4.69, 9.17) is 5.73 Å². The number of hydrogen-bond donors (Lipinski definition) is 1. The lowest BCUT2D eigenvalue weighted by Crippen LogP contribution is -1.98.